The molecule has 1 unspecified atom stereocenters. The van der Waals surface area contributed by atoms with E-state index in [-0.39, 0.29) is 30.7 Å². The lowest BCUT2D eigenvalue weighted by atomic mass is 9.89. The van der Waals surface area contributed by atoms with Crippen LogP contribution in [0.3, 0.4) is 0 Å². The number of nitrogens with one attached hydrogen (secondary N) is 1. The van der Waals surface area contributed by atoms with E-state index in [1.54, 1.807) is 4.90 Å². The van der Waals surface area contributed by atoms with E-state index in [4.69, 9.17) is 0 Å². The first kappa shape index (κ1) is 21.8. The molecule has 2 aliphatic rings. The first-order chi connectivity index (χ1) is 9.30. The zero-order valence-electron chi connectivity index (χ0n) is 12.6. The van der Waals surface area contributed by atoms with Gasteiger partial charge in [0.25, 0.3) is 0 Å². The normalized spacial score (nSPS) is 26.8. The number of carbonyl (C=O) groups is 1. The number of rotatable bonds is 2. The Labute approximate surface area is 141 Å². The van der Waals surface area contributed by atoms with Gasteiger partial charge in [0.05, 0.1) is 12.1 Å². The van der Waals surface area contributed by atoms with Gasteiger partial charge >= 0.3 is 6.18 Å². The molecule has 0 spiro atoms. The van der Waals surface area contributed by atoms with Gasteiger partial charge in [0, 0.05) is 26.2 Å². The summed E-state index contributed by atoms with van der Waals surface area (Å²) in [6.45, 7) is 3.19. The molecule has 2 aliphatic heterocycles. The highest BCUT2D eigenvalue weighted by Gasteiger charge is 2.39. The molecule has 0 bridgehead atoms. The van der Waals surface area contributed by atoms with E-state index >= 15 is 0 Å². The topological polar surface area (TPSA) is 35.6 Å². The molecule has 132 valence electrons. The molecule has 2 saturated heterocycles. The minimum absolute atomic E-state index is 0. The first-order valence-electron chi connectivity index (χ1n) is 7.14. The fourth-order valence-electron chi connectivity index (χ4n) is 2.95. The molecule has 2 fully saturated rings. The Bertz CT molecular complexity index is 355. The number of piperazine rings is 1. The monoisotopic (exact) mass is 365 g/mol. The van der Waals surface area contributed by atoms with Crippen LogP contribution in [-0.2, 0) is 4.79 Å². The predicted octanol–water partition coefficient (Wildman–Crippen LogP) is 2.07. The van der Waals surface area contributed by atoms with Gasteiger partial charge in [-0.3, -0.25) is 9.69 Å². The number of carbonyl (C=O) groups excluding carboxylic acids is 1. The van der Waals surface area contributed by atoms with Gasteiger partial charge in [-0.15, -0.1) is 24.8 Å². The van der Waals surface area contributed by atoms with Crippen molar-refractivity contribution in [3.05, 3.63) is 0 Å². The van der Waals surface area contributed by atoms with Crippen molar-refractivity contribution in [3.63, 3.8) is 0 Å². The van der Waals surface area contributed by atoms with Gasteiger partial charge in [-0.05, 0) is 32.7 Å². The van der Waals surface area contributed by atoms with Gasteiger partial charge in [-0.1, -0.05) is 0 Å². The summed E-state index contributed by atoms with van der Waals surface area (Å²) in [6.07, 6.45) is -1.27. The molecule has 2 rings (SSSR count). The molecule has 2 heterocycles. The van der Waals surface area contributed by atoms with Crippen LogP contribution in [-0.4, -0.2) is 66.7 Å². The average molecular weight is 366 g/mol. The fourth-order valence-corrected chi connectivity index (χ4v) is 2.95. The summed E-state index contributed by atoms with van der Waals surface area (Å²) in [7, 11) is 0. The Kier molecular flexibility index (Phi) is 8.47. The number of alkyl halides is 3. The van der Waals surface area contributed by atoms with E-state index in [0.29, 0.717) is 26.2 Å². The largest absolute Gasteiger partial charge is 0.401 e. The molecule has 0 radical (unpaired) electrons. The third-order valence-electron chi connectivity index (χ3n) is 4.15. The molecule has 1 amide bonds. The molecule has 0 aromatic heterocycles. The van der Waals surface area contributed by atoms with E-state index in [0.717, 1.165) is 25.8 Å². The Hall–Kier alpha value is -0.240. The standard InChI is InChI=1S/C13H22F3N3O.2ClH/c1-12(4-2-3-5-17-12)11(20)19-8-6-18(7-9-19)10-13(14,15)16;;/h17H,2-10H2,1H3;2*1H. The zero-order chi connectivity index (χ0) is 14.8. The Morgan fingerprint density at radius 1 is 1.14 bits per heavy atom. The highest BCUT2D eigenvalue weighted by atomic mass is 35.5. The number of amides is 1. The van der Waals surface area contributed by atoms with Crippen molar-refractivity contribution < 1.29 is 18.0 Å². The molecule has 4 nitrogen and oxygen atoms in total. The molecule has 1 atom stereocenters. The van der Waals surface area contributed by atoms with Crippen LogP contribution < -0.4 is 5.32 Å². The maximum Gasteiger partial charge on any atom is 0.401 e. The number of hydrogen-bond acceptors (Lipinski definition) is 3. The fraction of sp³-hybridized carbons (Fsp3) is 0.923. The third-order valence-corrected chi connectivity index (χ3v) is 4.15. The molecular formula is C13H24Cl2F3N3O. The summed E-state index contributed by atoms with van der Waals surface area (Å²) >= 11 is 0. The number of piperidine rings is 1. The van der Waals surface area contributed by atoms with E-state index < -0.39 is 18.3 Å². The predicted molar refractivity (Wildman–Crippen MR) is 83.8 cm³/mol. The van der Waals surface area contributed by atoms with Crippen molar-refractivity contribution in [2.75, 3.05) is 39.3 Å². The van der Waals surface area contributed by atoms with Crippen LogP contribution in [0.25, 0.3) is 0 Å². The molecular weight excluding hydrogens is 342 g/mol. The highest BCUT2D eigenvalue weighted by molar-refractivity contribution is 5.86. The van der Waals surface area contributed by atoms with E-state index in [1.165, 1.54) is 4.90 Å². The third kappa shape index (κ3) is 5.76. The summed E-state index contributed by atoms with van der Waals surface area (Å²) < 4.78 is 36.9. The minimum Gasteiger partial charge on any atom is -0.339 e. The molecule has 9 heteroatoms. The van der Waals surface area contributed by atoms with Crippen molar-refractivity contribution in [2.45, 2.75) is 37.9 Å². The van der Waals surface area contributed by atoms with Crippen molar-refractivity contribution in [1.29, 1.82) is 0 Å². The van der Waals surface area contributed by atoms with Crippen LogP contribution >= 0.6 is 24.8 Å². The van der Waals surface area contributed by atoms with E-state index in [1.807, 2.05) is 6.92 Å². The van der Waals surface area contributed by atoms with Crippen LogP contribution in [0.1, 0.15) is 26.2 Å². The molecule has 0 saturated carbocycles. The minimum atomic E-state index is -4.16. The second kappa shape index (κ2) is 8.57. The molecule has 0 aliphatic carbocycles. The lowest BCUT2D eigenvalue weighted by Gasteiger charge is -2.41. The zero-order valence-corrected chi connectivity index (χ0v) is 14.3. The Morgan fingerprint density at radius 2 is 1.73 bits per heavy atom. The van der Waals surface area contributed by atoms with Crippen molar-refractivity contribution in [2.24, 2.45) is 0 Å². The summed E-state index contributed by atoms with van der Waals surface area (Å²) in [5, 5.41) is 3.26. The lowest BCUT2D eigenvalue weighted by Crippen LogP contribution is -2.61. The lowest BCUT2D eigenvalue weighted by molar-refractivity contribution is -0.153. The maximum atomic E-state index is 12.5. The Balaban J connectivity index is 0.00000220. The summed E-state index contributed by atoms with van der Waals surface area (Å²) in [6, 6.07) is 0. The van der Waals surface area contributed by atoms with Gasteiger partial charge in [0.15, 0.2) is 0 Å². The second-order valence-corrected chi connectivity index (χ2v) is 5.90. The first-order valence-corrected chi connectivity index (χ1v) is 7.14. The van der Waals surface area contributed by atoms with Crippen molar-refractivity contribution in [1.82, 2.24) is 15.1 Å². The summed E-state index contributed by atoms with van der Waals surface area (Å²) in [5.74, 6) is 0.0314. The second-order valence-electron chi connectivity index (χ2n) is 5.90. The Morgan fingerprint density at radius 3 is 2.18 bits per heavy atom. The number of hydrogen-bond donors (Lipinski definition) is 1. The number of halogens is 5. The average Bonchev–Trinajstić information content (AvgIpc) is 2.38. The summed E-state index contributed by atoms with van der Waals surface area (Å²) in [4.78, 5) is 15.6. The van der Waals surface area contributed by atoms with Crippen LogP contribution in [0.4, 0.5) is 13.2 Å². The van der Waals surface area contributed by atoms with Crippen molar-refractivity contribution in [3.8, 4) is 0 Å². The molecule has 0 aromatic carbocycles. The van der Waals surface area contributed by atoms with Gasteiger partial charge < -0.3 is 10.2 Å². The highest BCUT2D eigenvalue weighted by Crippen LogP contribution is 2.23. The molecule has 22 heavy (non-hydrogen) atoms. The smallest absolute Gasteiger partial charge is 0.339 e. The van der Waals surface area contributed by atoms with Gasteiger partial charge in [0.1, 0.15) is 0 Å². The van der Waals surface area contributed by atoms with Crippen LogP contribution in [0, 0.1) is 0 Å². The quantitative estimate of drug-likeness (QED) is 0.813. The van der Waals surface area contributed by atoms with Crippen LogP contribution in [0.2, 0.25) is 0 Å². The summed E-state index contributed by atoms with van der Waals surface area (Å²) in [5.41, 5.74) is -0.537. The van der Waals surface area contributed by atoms with E-state index in [2.05, 4.69) is 5.32 Å². The van der Waals surface area contributed by atoms with E-state index in [9.17, 15) is 18.0 Å². The van der Waals surface area contributed by atoms with Crippen LogP contribution in [0.15, 0.2) is 0 Å². The van der Waals surface area contributed by atoms with Gasteiger partial charge in [-0.25, -0.2) is 0 Å². The molecule has 1 N–H and O–H groups in total. The van der Waals surface area contributed by atoms with Crippen molar-refractivity contribution >= 4 is 30.7 Å². The van der Waals surface area contributed by atoms with Crippen LogP contribution in [0.5, 0.6) is 0 Å². The van der Waals surface area contributed by atoms with Gasteiger partial charge in [-0.2, -0.15) is 13.2 Å². The van der Waals surface area contributed by atoms with Gasteiger partial charge in [0.2, 0.25) is 5.91 Å². The maximum absolute atomic E-state index is 12.5. The number of nitrogens with zero attached hydrogens (tertiary/aromatic N) is 2. The molecule has 0 aromatic rings. The SMILES string of the molecule is CC1(C(=O)N2CCN(CC(F)(F)F)CC2)CCCCN1.Cl.Cl.